The molecule has 20 heavy (non-hydrogen) atoms. The third kappa shape index (κ3) is 1.97. The molecular formula is C14H10N2O4. The van der Waals surface area contributed by atoms with E-state index in [2.05, 4.69) is 0 Å². The first-order valence-corrected chi connectivity index (χ1v) is 5.96. The SMILES string of the molecule is O=C(Cn1cccc1)ON1C(=O)c2ccccc2C1=O. The van der Waals surface area contributed by atoms with Gasteiger partial charge in [-0.2, -0.15) is 0 Å². The predicted molar refractivity (Wildman–Crippen MR) is 67.5 cm³/mol. The fraction of sp³-hybridized carbons (Fsp3) is 0.0714. The molecule has 0 saturated carbocycles. The molecule has 0 atom stereocenters. The highest BCUT2D eigenvalue weighted by Gasteiger charge is 2.38. The second kappa shape index (κ2) is 4.65. The highest BCUT2D eigenvalue weighted by Crippen LogP contribution is 2.22. The van der Waals surface area contributed by atoms with Crippen LogP contribution in [-0.2, 0) is 16.2 Å². The molecule has 1 aromatic heterocycles. The Labute approximate surface area is 114 Å². The molecule has 1 aromatic carbocycles. The predicted octanol–water partition coefficient (Wildman–Crippen LogP) is 1.24. The summed E-state index contributed by atoms with van der Waals surface area (Å²) in [5.41, 5.74) is 0.484. The van der Waals surface area contributed by atoms with Crippen LogP contribution >= 0.6 is 0 Å². The molecule has 0 saturated heterocycles. The average molecular weight is 270 g/mol. The molecule has 3 rings (SSSR count). The van der Waals surface area contributed by atoms with Crippen LogP contribution in [0.3, 0.4) is 0 Å². The number of imide groups is 1. The van der Waals surface area contributed by atoms with Gasteiger partial charge < -0.3 is 9.40 Å². The topological polar surface area (TPSA) is 68.6 Å². The molecule has 1 aliphatic rings. The molecule has 0 aliphatic carbocycles. The number of carbonyl (C=O) groups is 3. The molecule has 6 nitrogen and oxygen atoms in total. The zero-order valence-corrected chi connectivity index (χ0v) is 10.4. The number of benzene rings is 1. The lowest BCUT2D eigenvalue weighted by atomic mass is 10.1. The van der Waals surface area contributed by atoms with Gasteiger partial charge in [0.05, 0.1) is 11.1 Å². The van der Waals surface area contributed by atoms with Crippen LogP contribution in [0.1, 0.15) is 20.7 Å². The van der Waals surface area contributed by atoms with Gasteiger partial charge in [0.25, 0.3) is 11.8 Å². The first kappa shape index (κ1) is 12.2. The molecule has 100 valence electrons. The van der Waals surface area contributed by atoms with Crippen molar-refractivity contribution < 1.29 is 19.2 Å². The van der Waals surface area contributed by atoms with Gasteiger partial charge in [-0.25, -0.2) is 4.79 Å². The monoisotopic (exact) mass is 270 g/mol. The number of rotatable bonds is 3. The summed E-state index contributed by atoms with van der Waals surface area (Å²) in [7, 11) is 0. The van der Waals surface area contributed by atoms with Crippen LogP contribution in [0, 0.1) is 0 Å². The zero-order valence-electron chi connectivity index (χ0n) is 10.4. The maximum absolute atomic E-state index is 12.0. The van der Waals surface area contributed by atoms with E-state index in [-0.39, 0.29) is 17.7 Å². The minimum Gasteiger partial charge on any atom is -0.343 e. The Kier molecular flexibility index (Phi) is 2.83. The van der Waals surface area contributed by atoms with Crippen molar-refractivity contribution in [2.45, 2.75) is 6.54 Å². The van der Waals surface area contributed by atoms with E-state index in [1.165, 1.54) is 12.1 Å². The van der Waals surface area contributed by atoms with Gasteiger partial charge in [0.2, 0.25) is 0 Å². The summed E-state index contributed by atoms with van der Waals surface area (Å²) in [6.45, 7) is -0.0690. The van der Waals surface area contributed by atoms with Crippen molar-refractivity contribution in [2.24, 2.45) is 0 Å². The van der Waals surface area contributed by atoms with Gasteiger partial charge >= 0.3 is 5.97 Å². The van der Waals surface area contributed by atoms with E-state index in [4.69, 9.17) is 4.84 Å². The van der Waals surface area contributed by atoms with Crippen LogP contribution in [0.4, 0.5) is 0 Å². The molecule has 0 fully saturated rings. The van der Waals surface area contributed by atoms with Crippen LogP contribution in [0.2, 0.25) is 0 Å². The van der Waals surface area contributed by atoms with Crippen molar-refractivity contribution in [3.63, 3.8) is 0 Å². The number of hydrogen-bond donors (Lipinski definition) is 0. The van der Waals surface area contributed by atoms with E-state index in [1.54, 1.807) is 41.2 Å². The molecule has 2 aromatic rings. The van der Waals surface area contributed by atoms with E-state index in [0.717, 1.165) is 0 Å². The molecule has 2 heterocycles. The number of fused-ring (bicyclic) bond motifs is 1. The summed E-state index contributed by atoms with van der Waals surface area (Å²) in [4.78, 5) is 40.5. The first-order chi connectivity index (χ1) is 9.66. The van der Waals surface area contributed by atoms with Crippen LogP contribution in [0.15, 0.2) is 48.8 Å². The van der Waals surface area contributed by atoms with Crippen LogP contribution in [0.25, 0.3) is 0 Å². The normalized spacial score (nSPS) is 13.5. The van der Waals surface area contributed by atoms with Crippen molar-refractivity contribution in [3.05, 3.63) is 59.9 Å². The van der Waals surface area contributed by atoms with Gasteiger partial charge in [0.1, 0.15) is 6.54 Å². The Morgan fingerprint density at radius 1 is 0.950 bits per heavy atom. The highest BCUT2D eigenvalue weighted by molar-refractivity contribution is 6.20. The van der Waals surface area contributed by atoms with Crippen molar-refractivity contribution in [2.75, 3.05) is 0 Å². The zero-order chi connectivity index (χ0) is 14.1. The van der Waals surface area contributed by atoms with Crippen molar-refractivity contribution in [1.29, 1.82) is 0 Å². The lowest BCUT2D eigenvalue weighted by molar-refractivity contribution is -0.169. The molecule has 1 aliphatic heterocycles. The van der Waals surface area contributed by atoms with Gasteiger partial charge in [-0.3, -0.25) is 9.59 Å². The van der Waals surface area contributed by atoms with Crippen molar-refractivity contribution in [1.82, 2.24) is 9.63 Å². The Hall–Kier alpha value is -2.89. The third-order valence-electron chi connectivity index (χ3n) is 2.93. The fourth-order valence-electron chi connectivity index (χ4n) is 2.01. The molecule has 0 N–H and O–H groups in total. The molecule has 0 spiro atoms. The molecule has 6 heteroatoms. The number of hydrogen-bond acceptors (Lipinski definition) is 4. The molecular weight excluding hydrogens is 260 g/mol. The number of carbonyl (C=O) groups excluding carboxylic acids is 3. The van der Waals surface area contributed by atoms with Gasteiger partial charge in [-0.1, -0.05) is 17.2 Å². The second-order valence-corrected chi connectivity index (χ2v) is 4.27. The van der Waals surface area contributed by atoms with Crippen LogP contribution in [0.5, 0.6) is 0 Å². The van der Waals surface area contributed by atoms with E-state index < -0.39 is 17.8 Å². The largest absolute Gasteiger partial charge is 0.352 e. The highest BCUT2D eigenvalue weighted by atomic mass is 16.7. The number of hydroxylamine groups is 2. The standard InChI is InChI=1S/C14H10N2O4/c17-12(9-15-7-3-4-8-15)20-16-13(18)10-5-1-2-6-11(10)14(16)19/h1-8H,9H2. The smallest absolute Gasteiger partial charge is 0.343 e. The number of aromatic nitrogens is 1. The van der Waals surface area contributed by atoms with E-state index in [0.29, 0.717) is 5.06 Å². The summed E-state index contributed by atoms with van der Waals surface area (Å²) in [6, 6.07) is 9.86. The van der Waals surface area contributed by atoms with E-state index >= 15 is 0 Å². The maximum Gasteiger partial charge on any atom is 0.352 e. The van der Waals surface area contributed by atoms with Crippen LogP contribution in [-0.4, -0.2) is 27.4 Å². The maximum atomic E-state index is 12.0. The minimum absolute atomic E-state index is 0.0690. The van der Waals surface area contributed by atoms with E-state index in [9.17, 15) is 14.4 Å². The summed E-state index contributed by atoms with van der Waals surface area (Å²) >= 11 is 0. The minimum atomic E-state index is -0.685. The molecule has 0 unspecified atom stereocenters. The molecule has 0 radical (unpaired) electrons. The number of amides is 2. The summed E-state index contributed by atoms with van der Waals surface area (Å²) in [5.74, 6) is -1.92. The van der Waals surface area contributed by atoms with Gasteiger partial charge in [-0.15, -0.1) is 0 Å². The van der Waals surface area contributed by atoms with Gasteiger partial charge in [0.15, 0.2) is 0 Å². The molecule has 0 bridgehead atoms. The first-order valence-electron chi connectivity index (χ1n) is 5.96. The quantitative estimate of drug-likeness (QED) is 0.787. The Balaban J connectivity index is 1.75. The van der Waals surface area contributed by atoms with Gasteiger partial charge in [-0.05, 0) is 24.3 Å². The second-order valence-electron chi connectivity index (χ2n) is 4.27. The lowest BCUT2D eigenvalue weighted by Gasteiger charge is -2.12. The summed E-state index contributed by atoms with van der Waals surface area (Å²) in [6.07, 6.45) is 3.37. The number of nitrogens with zero attached hydrogens (tertiary/aromatic N) is 2. The summed E-state index contributed by atoms with van der Waals surface area (Å²) in [5, 5.41) is 0.510. The Bertz CT molecular complexity index is 656. The fourth-order valence-corrected chi connectivity index (χ4v) is 2.01. The lowest BCUT2D eigenvalue weighted by Crippen LogP contribution is -2.33. The average Bonchev–Trinajstić information content (AvgIpc) is 3.03. The van der Waals surface area contributed by atoms with Gasteiger partial charge in [0, 0.05) is 12.4 Å². The van der Waals surface area contributed by atoms with Crippen molar-refractivity contribution in [3.8, 4) is 0 Å². The molecule has 2 amide bonds. The Morgan fingerprint density at radius 2 is 1.50 bits per heavy atom. The summed E-state index contributed by atoms with van der Waals surface area (Å²) < 4.78 is 1.58. The Morgan fingerprint density at radius 3 is 2.05 bits per heavy atom. The third-order valence-corrected chi connectivity index (χ3v) is 2.93. The van der Waals surface area contributed by atoms with E-state index in [1.807, 2.05) is 0 Å². The van der Waals surface area contributed by atoms with Crippen molar-refractivity contribution >= 4 is 17.8 Å². The van der Waals surface area contributed by atoms with Crippen LogP contribution < -0.4 is 0 Å².